The first-order chi connectivity index (χ1) is 5.81. The maximum absolute atomic E-state index is 9.68. The minimum Gasteiger partial charge on any atom is -0.368 e. The zero-order valence-corrected chi connectivity index (χ0v) is 7.28. The molecule has 2 heteroatoms. The van der Waals surface area contributed by atoms with E-state index in [1.807, 2.05) is 0 Å². The van der Waals surface area contributed by atoms with Crippen molar-refractivity contribution in [2.24, 2.45) is 17.8 Å². The van der Waals surface area contributed by atoms with Crippen LogP contribution in [0.3, 0.4) is 0 Å². The van der Waals surface area contributed by atoms with Crippen LogP contribution in [0, 0.1) is 17.8 Å². The fourth-order valence-corrected chi connectivity index (χ4v) is 3.49. The molecule has 0 radical (unpaired) electrons. The van der Waals surface area contributed by atoms with Gasteiger partial charge in [-0.1, -0.05) is 0 Å². The number of hydrogen-bond donors (Lipinski definition) is 1. The van der Waals surface area contributed by atoms with E-state index in [1.54, 1.807) is 0 Å². The zero-order valence-electron chi connectivity index (χ0n) is 7.28. The van der Waals surface area contributed by atoms with E-state index in [1.165, 1.54) is 32.1 Å². The van der Waals surface area contributed by atoms with Crippen molar-refractivity contribution in [2.45, 2.75) is 44.5 Å². The number of ether oxygens (including phenoxy) is 1. The molecule has 2 aliphatic carbocycles. The van der Waals surface area contributed by atoms with Gasteiger partial charge in [-0.05, 0) is 43.9 Å². The first-order valence-corrected chi connectivity index (χ1v) is 5.15. The highest BCUT2D eigenvalue weighted by Gasteiger charge is 2.43. The second-order valence-electron chi connectivity index (χ2n) is 4.82. The molecular weight excluding hydrogens is 152 g/mol. The van der Waals surface area contributed by atoms with E-state index in [0.29, 0.717) is 12.0 Å². The molecule has 2 saturated heterocycles. The Morgan fingerprint density at radius 2 is 1.58 bits per heavy atom. The lowest BCUT2D eigenvalue weighted by atomic mass is 9.68. The van der Waals surface area contributed by atoms with Gasteiger partial charge in [-0.2, -0.15) is 0 Å². The van der Waals surface area contributed by atoms with Gasteiger partial charge >= 0.3 is 0 Å². The Labute approximate surface area is 72.9 Å². The highest BCUT2D eigenvalue weighted by Crippen LogP contribution is 2.48. The summed E-state index contributed by atoms with van der Waals surface area (Å²) in [6.07, 6.45) is 6.21. The van der Waals surface area contributed by atoms with E-state index >= 15 is 0 Å². The smallest absolute Gasteiger partial charge is 0.157 e. The number of fused-ring (bicyclic) bond motifs is 1. The molecule has 2 saturated carbocycles. The molecule has 2 unspecified atom stereocenters. The number of hydrogen-bond acceptors (Lipinski definition) is 2. The molecule has 1 N–H and O–H groups in total. The quantitative estimate of drug-likeness (QED) is 0.594. The molecule has 5 atom stereocenters. The molecule has 2 nitrogen and oxygen atoms in total. The van der Waals surface area contributed by atoms with E-state index in [-0.39, 0.29) is 0 Å². The molecule has 12 heavy (non-hydrogen) atoms. The van der Waals surface area contributed by atoms with Gasteiger partial charge in [-0.15, -0.1) is 0 Å². The van der Waals surface area contributed by atoms with Crippen LogP contribution in [-0.2, 0) is 4.74 Å². The van der Waals surface area contributed by atoms with Gasteiger partial charge in [-0.3, -0.25) is 0 Å². The zero-order chi connectivity index (χ0) is 8.13. The monoisotopic (exact) mass is 168 g/mol. The molecule has 0 aromatic rings. The lowest BCUT2D eigenvalue weighted by Crippen LogP contribution is -2.30. The fraction of sp³-hybridized carbons (Fsp3) is 1.00. The average molecular weight is 168 g/mol. The van der Waals surface area contributed by atoms with Crippen LogP contribution in [0.25, 0.3) is 0 Å². The van der Waals surface area contributed by atoms with Gasteiger partial charge in [0.25, 0.3) is 0 Å². The summed E-state index contributed by atoms with van der Waals surface area (Å²) in [4.78, 5) is 0. The Balaban J connectivity index is 1.91. The van der Waals surface area contributed by atoms with E-state index in [2.05, 4.69) is 0 Å². The third-order valence-corrected chi connectivity index (χ3v) is 3.87. The normalized spacial score (nSPS) is 57.2. The van der Waals surface area contributed by atoms with Crippen molar-refractivity contribution in [1.29, 1.82) is 0 Å². The minimum atomic E-state index is -0.440. The fourth-order valence-electron chi connectivity index (χ4n) is 3.49. The predicted molar refractivity (Wildman–Crippen MR) is 44.4 cm³/mol. The summed E-state index contributed by atoms with van der Waals surface area (Å²) in [5.41, 5.74) is 0. The molecule has 4 fully saturated rings. The third kappa shape index (κ3) is 1.01. The van der Waals surface area contributed by atoms with Crippen molar-refractivity contribution in [1.82, 2.24) is 0 Å². The van der Waals surface area contributed by atoms with Gasteiger partial charge in [0, 0.05) is 5.92 Å². The lowest BCUT2D eigenvalue weighted by Gasteiger charge is -2.36. The molecule has 2 aliphatic heterocycles. The van der Waals surface area contributed by atoms with Gasteiger partial charge in [0.15, 0.2) is 6.29 Å². The van der Waals surface area contributed by atoms with E-state index in [0.717, 1.165) is 11.8 Å². The molecule has 4 bridgehead atoms. The summed E-state index contributed by atoms with van der Waals surface area (Å²) in [5.74, 6) is 2.19. The molecule has 0 spiro atoms. The summed E-state index contributed by atoms with van der Waals surface area (Å²) >= 11 is 0. The van der Waals surface area contributed by atoms with Crippen molar-refractivity contribution in [3.63, 3.8) is 0 Å². The van der Waals surface area contributed by atoms with E-state index in [4.69, 9.17) is 4.74 Å². The predicted octanol–water partition coefficient (Wildman–Crippen LogP) is 1.53. The highest BCUT2D eigenvalue weighted by atomic mass is 16.6. The van der Waals surface area contributed by atoms with E-state index < -0.39 is 6.29 Å². The molecule has 0 amide bonds. The average Bonchev–Trinajstić information content (AvgIpc) is 2.16. The van der Waals surface area contributed by atoms with Crippen LogP contribution in [0.5, 0.6) is 0 Å². The first-order valence-electron chi connectivity index (χ1n) is 5.15. The Morgan fingerprint density at radius 3 is 2.25 bits per heavy atom. The SMILES string of the molecule is O[C@@H]1OC2C[C@@H]3CC1C[C@H](C2)C3. The Kier molecular flexibility index (Phi) is 1.50. The van der Waals surface area contributed by atoms with Gasteiger partial charge in [-0.25, -0.2) is 0 Å². The van der Waals surface area contributed by atoms with Crippen LogP contribution >= 0.6 is 0 Å². The molecule has 0 aromatic carbocycles. The van der Waals surface area contributed by atoms with Crippen LogP contribution in [-0.4, -0.2) is 17.5 Å². The highest BCUT2D eigenvalue weighted by molar-refractivity contribution is 4.91. The molecule has 68 valence electrons. The summed E-state index contributed by atoms with van der Waals surface area (Å²) < 4.78 is 5.59. The largest absolute Gasteiger partial charge is 0.368 e. The van der Waals surface area contributed by atoms with Crippen LogP contribution in [0.1, 0.15) is 32.1 Å². The second kappa shape index (κ2) is 2.46. The van der Waals surface area contributed by atoms with Crippen molar-refractivity contribution in [2.75, 3.05) is 0 Å². The topological polar surface area (TPSA) is 29.5 Å². The number of aliphatic hydroxyl groups excluding tert-OH is 1. The van der Waals surface area contributed by atoms with Crippen LogP contribution < -0.4 is 0 Å². The summed E-state index contributed by atoms with van der Waals surface area (Å²) in [6.45, 7) is 0. The van der Waals surface area contributed by atoms with Crippen molar-refractivity contribution in [3.8, 4) is 0 Å². The molecule has 4 aliphatic rings. The van der Waals surface area contributed by atoms with Gasteiger partial charge in [0.2, 0.25) is 0 Å². The minimum absolute atomic E-state index is 0.385. The Hall–Kier alpha value is -0.0800. The standard InChI is InChI=1S/C10H16O2/c11-10-8-2-6-1-7(3-8)5-9(4-6)12-10/h6-11H,1-5H2/t6-,7+,8?,9?,10-/m1/s1. The van der Waals surface area contributed by atoms with Gasteiger partial charge in [0.1, 0.15) is 0 Å². The van der Waals surface area contributed by atoms with Gasteiger partial charge in [0.05, 0.1) is 6.10 Å². The Morgan fingerprint density at radius 1 is 0.917 bits per heavy atom. The molecule has 2 heterocycles. The number of rotatable bonds is 0. The maximum Gasteiger partial charge on any atom is 0.157 e. The van der Waals surface area contributed by atoms with Gasteiger partial charge < -0.3 is 9.84 Å². The second-order valence-corrected chi connectivity index (χ2v) is 4.82. The van der Waals surface area contributed by atoms with Crippen LogP contribution in [0.4, 0.5) is 0 Å². The molecule has 4 rings (SSSR count). The molecular formula is C10H16O2. The van der Waals surface area contributed by atoms with Crippen LogP contribution in [0.2, 0.25) is 0 Å². The van der Waals surface area contributed by atoms with E-state index in [9.17, 15) is 5.11 Å². The van der Waals surface area contributed by atoms with Crippen molar-refractivity contribution < 1.29 is 9.84 Å². The van der Waals surface area contributed by atoms with Crippen LogP contribution in [0.15, 0.2) is 0 Å². The summed E-state index contributed by atoms with van der Waals surface area (Å²) in [7, 11) is 0. The van der Waals surface area contributed by atoms with Crippen molar-refractivity contribution >= 4 is 0 Å². The third-order valence-electron chi connectivity index (χ3n) is 3.87. The first kappa shape index (κ1) is 7.34. The number of aliphatic hydroxyl groups is 1. The summed E-state index contributed by atoms with van der Waals surface area (Å²) in [5, 5.41) is 9.68. The Bertz CT molecular complexity index is 178. The molecule has 0 aromatic heterocycles. The maximum atomic E-state index is 9.68. The summed E-state index contributed by atoms with van der Waals surface area (Å²) in [6, 6.07) is 0. The van der Waals surface area contributed by atoms with Crippen molar-refractivity contribution in [3.05, 3.63) is 0 Å². The lowest BCUT2D eigenvalue weighted by molar-refractivity contribution is -0.149.